The highest BCUT2D eigenvalue weighted by Gasteiger charge is 2.15. The van der Waals surface area contributed by atoms with Crippen LogP contribution in [0.2, 0.25) is 0 Å². The van der Waals surface area contributed by atoms with Crippen LogP contribution in [-0.2, 0) is 6.54 Å². The molecule has 2 rings (SSSR count). The van der Waals surface area contributed by atoms with Crippen LogP contribution in [0.15, 0.2) is 29.6 Å². The summed E-state index contributed by atoms with van der Waals surface area (Å²) in [5.74, 6) is 0.0117. The van der Waals surface area contributed by atoms with Gasteiger partial charge in [0.25, 0.3) is 5.91 Å². The molecule has 1 amide bonds. The molecular formula is C15H18N2OS. The van der Waals surface area contributed by atoms with Crippen molar-refractivity contribution in [3.8, 4) is 0 Å². The summed E-state index contributed by atoms with van der Waals surface area (Å²) in [5.41, 5.74) is 9.24. The summed E-state index contributed by atoms with van der Waals surface area (Å²) < 4.78 is 0. The Morgan fingerprint density at radius 3 is 2.63 bits per heavy atom. The number of hydrogen-bond acceptors (Lipinski definition) is 3. The van der Waals surface area contributed by atoms with Gasteiger partial charge in [0.15, 0.2) is 0 Å². The van der Waals surface area contributed by atoms with Crippen LogP contribution in [0.25, 0.3) is 0 Å². The summed E-state index contributed by atoms with van der Waals surface area (Å²) in [5, 5.41) is 2.05. The maximum absolute atomic E-state index is 12.4. The molecule has 4 heteroatoms. The second kappa shape index (κ2) is 5.45. The van der Waals surface area contributed by atoms with Crippen LogP contribution in [0.1, 0.15) is 26.4 Å². The zero-order valence-electron chi connectivity index (χ0n) is 11.4. The lowest BCUT2D eigenvalue weighted by Gasteiger charge is -2.18. The number of hydrogen-bond donors (Lipinski definition) is 1. The van der Waals surface area contributed by atoms with E-state index in [2.05, 4.69) is 18.4 Å². The molecule has 0 bridgehead atoms. The number of carbonyl (C=O) groups is 1. The second-order valence-electron chi connectivity index (χ2n) is 4.76. The smallest absolute Gasteiger partial charge is 0.254 e. The zero-order chi connectivity index (χ0) is 14.0. The van der Waals surface area contributed by atoms with Crippen molar-refractivity contribution >= 4 is 22.9 Å². The van der Waals surface area contributed by atoms with Gasteiger partial charge >= 0.3 is 0 Å². The van der Waals surface area contributed by atoms with Crippen molar-refractivity contribution in [1.29, 1.82) is 0 Å². The van der Waals surface area contributed by atoms with Gasteiger partial charge in [-0.3, -0.25) is 4.79 Å². The molecule has 0 fully saturated rings. The number of amides is 1. The van der Waals surface area contributed by atoms with Crippen LogP contribution in [0, 0.1) is 13.8 Å². The largest absolute Gasteiger partial charge is 0.399 e. The minimum Gasteiger partial charge on any atom is -0.399 e. The highest BCUT2D eigenvalue weighted by atomic mass is 32.1. The first-order chi connectivity index (χ1) is 8.99. The topological polar surface area (TPSA) is 46.3 Å². The Kier molecular flexibility index (Phi) is 3.90. The number of nitrogens with zero attached hydrogens (tertiary/aromatic N) is 1. The normalized spacial score (nSPS) is 10.5. The Morgan fingerprint density at radius 1 is 1.26 bits per heavy atom. The van der Waals surface area contributed by atoms with Crippen molar-refractivity contribution in [2.24, 2.45) is 0 Å². The minimum absolute atomic E-state index is 0.0117. The van der Waals surface area contributed by atoms with Gasteiger partial charge < -0.3 is 10.6 Å². The minimum atomic E-state index is 0.0117. The van der Waals surface area contributed by atoms with Crippen molar-refractivity contribution in [3.63, 3.8) is 0 Å². The van der Waals surface area contributed by atoms with Crippen LogP contribution >= 0.6 is 11.3 Å². The van der Waals surface area contributed by atoms with Crippen molar-refractivity contribution < 1.29 is 4.79 Å². The first-order valence-corrected chi connectivity index (χ1v) is 7.01. The molecule has 1 heterocycles. The van der Waals surface area contributed by atoms with E-state index in [1.54, 1.807) is 22.3 Å². The van der Waals surface area contributed by atoms with E-state index in [4.69, 9.17) is 5.73 Å². The number of benzene rings is 1. The molecule has 0 atom stereocenters. The molecular weight excluding hydrogens is 256 g/mol. The van der Waals surface area contributed by atoms with E-state index in [0.29, 0.717) is 17.8 Å². The molecule has 0 spiro atoms. The molecule has 0 aliphatic carbocycles. The Bertz CT molecular complexity index is 604. The van der Waals surface area contributed by atoms with Gasteiger partial charge in [0, 0.05) is 23.2 Å². The molecule has 0 saturated carbocycles. The van der Waals surface area contributed by atoms with E-state index in [-0.39, 0.29) is 5.91 Å². The van der Waals surface area contributed by atoms with E-state index in [1.165, 1.54) is 10.4 Å². The summed E-state index contributed by atoms with van der Waals surface area (Å²) in [6, 6.07) is 7.52. The maximum atomic E-state index is 12.4. The van der Waals surface area contributed by atoms with Gasteiger partial charge in [-0.15, -0.1) is 11.3 Å². The molecule has 3 nitrogen and oxygen atoms in total. The van der Waals surface area contributed by atoms with Gasteiger partial charge in [-0.1, -0.05) is 6.07 Å². The lowest BCUT2D eigenvalue weighted by Crippen LogP contribution is -2.26. The zero-order valence-corrected chi connectivity index (χ0v) is 12.3. The molecule has 0 unspecified atom stereocenters. The number of nitrogen functional groups attached to an aromatic ring is 1. The van der Waals surface area contributed by atoms with Gasteiger partial charge in [0.05, 0.1) is 6.54 Å². The lowest BCUT2D eigenvalue weighted by molar-refractivity contribution is 0.0785. The van der Waals surface area contributed by atoms with Crippen molar-refractivity contribution in [1.82, 2.24) is 4.90 Å². The van der Waals surface area contributed by atoms with Gasteiger partial charge in [0.1, 0.15) is 0 Å². The lowest BCUT2D eigenvalue weighted by atomic mass is 10.1. The first kappa shape index (κ1) is 13.6. The average Bonchev–Trinajstić information content (AvgIpc) is 2.77. The SMILES string of the molecule is Cc1ccc(N)cc1C(=O)N(C)Cc1sccc1C. The molecule has 1 aromatic carbocycles. The van der Waals surface area contributed by atoms with E-state index < -0.39 is 0 Å². The highest BCUT2D eigenvalue weighted by molar-refractivity contribution is 7.10. The van der Waals surface area contributed by atoms with Gasteiger partial charge in [-0.25, -0.2) is 0 Å². The molecule has 0 radical (unpaired) electrons. The van der Waals surface area contributed by atoms with Crippen LogP contribution in [0.3, 0.4) is 0 Å². The molecule has 2 N–H and O–H groups in total. The quantitative estimate of drug-likeness (QED) is 0.874. The average molecular weight is 274 g/mol. The number of thiophene rings is 1. The Morgan fingerprint density at radius 2 is 2.00 bits per heavy atom. The van der Waals surface area contributed by atoms with Crippen molar-refractivity contribution in [2.45, 2.75) is 20.4 Å². The summed E-state index contributed by atoms with van der Waals surface area (Å²) in [6.07, 6.45) is 0. The number of aryl methyl sites for hydroxylation is 2. The molecule has 0 aliphatic rings. The number of rotatable bonds is 3. The standard InChI is InChI=1S/C15H18N2OS/c1-10-4-5-12(16)8-13(10)15(18)17(3)9-14-11(2)6-7-19-14/h4-8H,9,16H2,1-3H3. The molecule has 1 aromatic heterocycles. The monoisotopic (exact) mass is 274 g/mol. The molecule has 100 valence electrons. The summed E-state index contributed by atoms with van der Waals surface area (Å²) >= 11 is 1.68. The fraction of sp³-hybridized carbons (Fsp3) is 0.267. The van der Waals surface area contributed by atoms with Gasteiger partial charge in [0.2, 0.25) is 0 Å². The van der Waals surface area contributed by atoms with E-state index in [9.17, 15) is 4.79 Å². The Balaban J connectivity index is 2.19. The van der Waals surface area contributed by atoms with Crippen LogP contribution in [0.4, 0.5) is 5.69 Å². The molecule has 0 aliphatic heterocycles. The van der Waals surface area contributed by atoms with Gasteiger partial charge in [-0.2, -0.15) is 0 Å². The fourth-order valence-electron chi connectivity index (χ4n) is 1.93. The predicted molar refractivity (Wildman–Crippen MR) is 80.4 cm³/mol. The van der Waals surface area contributed by atoms with Crippen molar-refractivity contribution in [2.75, 3.05) is 12.8 Å². The number of nitrogens with two attached hydrogens (primary N) is 1. The third-order valence-corrected chi connectivity index (χ3v) is 4.20. The maximum Gasteiger partial charge on any atom is 0.254 e. The summed E-state index contributed by atoms with van der Waals surface area (Å²) in [4.78, 5) is 15.4. The first-order valence-electron chi connectivity index (χ1n) is 6.13. The van der Waals surface area contributed by atoms with Crippen LogP contribution in [0.5, 0.6) is 0 Å². The Labute approximate surface area is 117 Å². The third kappa shape index (κ3) is 2.96. The third-order valence-electron chi connectivity index (χ3n) is 3.19. The highest BCUT2D eigenvalue weighted by Crippen LogP contribution is 2.20. The molecule has 2 aromatic rings. The van der Waals surface area contributed by atoms with E-state index >= 15 is 0 Å². The van der Waals surface area contributed by atoms with Crippen LogP contribution in [-0.4, -0.2) is 17.9 Å². The van der Waals surface area contributed by atoms with Crippen molar-refractivity contribution in [3.05, 3.63) is 51.2 Å². The summed E-state index contributed by atoms with van der Waals surface area (Å²) in [7, 11) is 1.82. The van der Waals surface area contributed by atoms with Gasteiger partial charge in [-0.05, 0) is 48.6 Å². The molecule has 19 heavy (non-hydrogen) atoms. The fourth-order valence-corrected chi connectivity index (χ4v) is 2.89. The van der Waals surface area contributed by atoms with E-state index in [0.717, 1.165) is 5.56 Å². The number of carbonyl (C=O) groups excluding carboxylic acids is 1. The molecule has 0 saturated heterocycles. The van der Waals surface area contributed by atoms with E-state index in [1.807, 2.05) is 26.1 Å². The number of anilines is 1. The predicted octanol–water partition coefficient (Wildman–Crippen LogP) is 3.22. The van der Waals surface area contributed by atoms with Crippen LogP contribution < -0.4 is 5.73 Å². The summed E-state index contributed by atoms with van der Waals surface area (Å²) in [6.45, 7) is 4.63. The second-order valence-corrected chi connectivity index (χ2v) is 5.76. The Hall–Kier alpha value is -1.81.